The average Bonchev–Trinajstić information content (AvgIpc) is 2.81. The van der Waals surface area contributed by atoms with Crippen LogP contribution in [0.1, 0.15) is 51.3 Å². The van der Waals surface area contributed by atoms with Crippen LogP contribution in [-0.2, 0) is 21.1 Å². The summed E-state index contributed by atoms with van der Waals surface area (Å²) in [5, 5.41) is 11.1. The average molecular weight is 460 g/mol. The van der Waals surface area contributed by atoms with Crippen LogP contribution in [0.3, 0.4) is 0 Å². The summed E-state index contributed by atoms with van der Waals surface area (Å²) in [4.78, 5) is 19.4. The molecule has 0 aromatic heterocycles. The number of carbonyl (C=O) groups excluding carboxylic acids is 1. The molecule has 0 fully saturated rings. The van der Waals surface area contributed by atoms with Gasteiger partial charge >= 0.3 is 0 Å². The van der Waals surface area contributed by atoms with E-state index in [1.165, 1.54) is 7.11 Å². The first-order chi connectivity index (χ1) is 15.4. The van der Waals surface area contributed by atoms with Crippen molar-refractivity contribution in [3.63, 3.8) is 0 Å². The number of hydrogen-bond donors (Lipinski definition) is 1. The van der Waals surface area contributed by atoms with E-state index in [9.17, 15) is 0 Å². The third-order valence-corrected chi connectivity index (χ3v) is 4.16. The van der Waals surface area contributed by atoms with Crippen molar-refractivity contribution < 1.29 is 14.5 Å². The van der Waals surface area contributed by atoms with Crippen molar-refractivity contribution in [1.82, 2.24) is 5.32 Å². The van der Waals surface area contributed by atoms with Crippen molar-refractivity contribution in [2.45, 2.75) is 41.2 Å². The quantitative estimate of drug-likeness (QED) is 0.294. The molecular weight excluding hydrogens is 426 g/mol. The molecule has 1 amide bonds. The van der Waals surface area contributed by atoms with Gasteiger partial charge < -0.3 is 15.0 Å². The molecule has 0 bridgehead atoms. The third kappa shape index (κ3) is 11.3. The van der Waals surface area contributed by atoms with Gasteiger partial charge in [-0.25, -0.2) is 0 Å². The number of rotatable bonds is 8. The predicted octanol–water partition coefficient (Wildman–Crippen LogP) is 6.09. The summed E-state index contributed by atoms with van der Waals surface area (Å²) in [6.45, 7) is 10.2. The van der Waals surface area contributed by atoms with E-state index in [1.54, 1.807) is 7.05 Å². The van der Waals surface area contributed by atoms with Crippen molar-refractivity contribution in [2.24, 2.45) is 10.3 Å². The molecule has 0 radical (unpaired) electrons. The van der Waals surface area contributed by atoms with E-state index < -0.39 is 0 Å². The normalized spacial score (nSPS) is 11.3. The lowest BCUT2D eigenvalue weighted by molar-refractivity contribution is -0.109. The van der Waals surface area contributed by atoms with Gasteiger partial charge in [-0.3, -0.25) is 4.79 Å². The Balaban J connectivity index is 0.00000144. The van der Waals surface area contributed by atoms with Crippen LogP contribution < -0.4 is 5.32 Å². The van der Waals surface area contributed by atoms with Gasteiger partial charge in [0, 0.05) is 23.2 Å². The molecule has 2 rings (SSSR count). The molecule has 0 saturated heterocycles. The van der Waals surface area contributed by atoms with Crippen LogP contribution in [-0.4, -0.2) is 32.0 Å². The van der Waals surface area contributed by atoms with Crippen LogP contribution in [0.5, 0.6) is 0 Å². The van der Waals surface area contributed by atoms with Crippen molar-refractivity contribution in [2.75, 3.05) is 14.2 Å². The highest BCUT2D eigenvalue weighted by atomic mass is 35.5. The number of nitrogens with one attached hydrogen (secondary N) is 1. The number of carbonyl (C=O) groups is 1. The van der Waals surface area contributed by atoms with Crippen LogP contribution >= 0.6 is 11.6 Å². The molecule has 0 spiro atoms. The van der Waals surface area contributed by atoms with Gasteiger partial charge in [0.2, 0.25) is 6.41 Å². The number of nitrogens with zero attached hydrogens (tertiary/aromatic N) is 2. The zero-order chi connectivity index (χ0) is 24.4. The van der Waals surface area contributed by atoms with E-state index in [4.69, 9.17) is 26.1 Å². The molecule has 0 atom stereocenters. The van der Waals surface area contributed by atoms with Crippen molar-refractivity contribution in [1.29, 1.82) is 0 Å². The fraction of sp³-hybridized carbons (Fsp3) is 0.320. The molecule has 174 valence electrons. The monoisotopic (exact) mass is 459 g/mol. The predicted molar refractivity (Wildman–Crippen MR) is 135 cm³/mol. The smallest absolute Gasteiger partial charge is 0.206 e. The van der Waals surface area contributed by atoms with Crippen LogP contribution in [0.25, 0.3) is 5.57 Å². The van der Waals surface area contributed by atoms with E-state index in [1.807, 2.05) is 89.2 Å². The lowest BCUT2D eigenvalue weighted by atomic mass is 10.0. The molecule has 2 aromatic rings. The van der Waals surface area contributed by atoms with E-state index in [0.29, 0.717) is 13.0 Å². The molecular formula is C25H34ClN3O3. The third-order valence-electron chi connectivity index (χ3n) is 3.91. The van der Waals surface area contributed by atoms with E-state index in [-0.39, 0.29) is 0 Å². The minimum Gasteiger partial charge on any atom is -0.399 e. The second-order valence-corrected chi connectivity index (χ2v) is 6.70. The van der Waals surface area contributed by atoms with Gasteiger partial charge in [-0.15, -0.1) is 0 Å². The van der Waals surface area contributed by atoms with Gasteiger partial charge in [0.15, 0.2) is 0 Å². The number of amides is 1. The van der Waals surface area contributed by atoms with Crippen LogP contribution in [0, 0.1) is 0 Å². The molecule has 0 aliphatic rings. The maximum atomic E-state index is 9.06. The minimum absolute atomic E-state index is 0.359. The Hall–Kier alpha value is -3.12. The molecule has 1 N–H and O–H groups in total. The van der Waals surface area contributed by atoms with Crippen molar-refractivity contribution >= 4 is 35.0 Å². The molecule has 32 heavy (non-hydrogen) atoms. The fourth-order valence-corrected chi connectivity index (χ4v) is 2.65. The maximum Gasteiger partial charge on any atom is 0.206 e. The lowest BCUT2D eigenvalue weighted by Crippen LogP contribution is -2.02. The van der Waals surface area contributed by atoms with E-state index in [0.717, 1.165) is 38.7 Å². The summed E-state index contributed by atoms with van der Waals surface area (Å²) in [6.07, 6.45) is 2.60. The second kappa shape index (κ2) is 17.5. The summed E-state index contributed by atoms with van der Waals surface area (Å²) >= 11 is 5.92. The Labute approximate surface area is 196 Å². The molecule has 7 heteroatoms. The first-order valence-corrected chi connectivity index (χ1v) is 10.7. The summed E-state index contributed by atoms with van der Waals surface area (Å²) in [7, 11) is 3.10. The number of hydrogen-bond acceptors (Lipinski definition) is 5. The highest BCUT2D eigenvalue weighted by molar-refractivity contribution is 6.30. The van der Waals surface area contributed by atoms with Crippen molar-refractivity contribution in [3.8, 4) is 0 Å². The van der Waals surface area contributed by atoms with Crippen LogP contribution in [0.15, 0.2) is 64.9 Å². The standard InChI is InChI=1S/C21H23ClN2O2.C2H5NO.C2H6/c1-15(18-9-11-20(22)12-10-18)13-16(2)23-26-14-19-7-5-6-8-21(19)17(3)24-25-4;1-3-2-4;1-2/h5-13H,14H2,1-4H3;2H,1H3,(H,3,4);1-2H3/b15-13+,23-16+,24-17-;;. The highest BCUT2D eigenvalue weighted by Crippen LogP contribution is 2.17. The molecule has 2 aromatic carbocycles. The summed E-state index contributed by atoms with van der Waals surface area (Å²) in [5.74, 6) is 0. The lowest BCUT2D eigenvalue weighted by Gasteiger charge is -2.08. The molecule has 0 aliphatic carbocycles. The fourth-order valence-electron chi connectivity index (χ4n) is 2.52. The van der Waals surface area contributed by atoms with Gasteiger partial charge in [0.1, 0.15) is 13.7 Å². The Bertz CT molecular complexity index is 892. The van der Waals surface area contributed by atoms with E-state index >= 15 is 0 Å². The Morgan fingerprint density at radius 2 is 1.62 bits per heavy atom. The zero-order valence-electron chi connectivity index (χ0n) is 20.0. The Morgan fingerprint density at radius 3 is 2.19 bits per heavy atom. The summed E-state index contributed by atoms with van der Waals surface area (Å²) in [5.41, 5.74) is 5.76. The maximum absolute atomic E-state index is 9.06. The number of benzene rings is 2. The molecule has 0 aliphatic heterocycles. The van der Waals surface area contributed by atoms with Gasteiger partial charge in [-0.1, -0.05) is 72.2 Å². The van der Waals surface area contributed by atoms with Gasteiger partial charge in [0.25, 0.3) is 0 Å². The Morgan fingerprint density at radius 1 is 1.03 bits per heavy atom. The summed E-state index contributed by atoms with van der Waals surface area (Å²) in [6, 6.07) is 15.6. The molecule has 0 heterocycles. The van der Waals surface area contributed by atoms with Gasteiger partial charge in [-0.05, 0) is 50.1 Å². The first-order valence-electron chi connectivity index (χ1n) is 10.3. The summed E-state index contributed by atoms with van der Waals surface area (Å²) < 4.78 is 0. The van der Waals surface area contributed by atoms with Gasteiger partial charge in [0.05, 0.1) is 11.4 Å². The second-order valence-electron chi connectivity index (χ2n) is 6.26. The van der Waals surface area contributed by atoms with Crippen molar-refractivity contribution in [3.05, 3.63) is 76.3 Å². The SMILES string of the molecule is CC.CNC=O.CO/N=C(/C)c1ccccc1CO/N=C(C)/C=C(\C)c1ccc(Cl)cc1. The van der Waals surface area contributed by atoms with Gasteiger partial charge in [-0.2, -0.15) is 0 Å². The Kier molecular flexibility index (Phi) is 15.8. The number of oxime groups is 2. The molecule has 0 saturated carbocycles. The largest absolute Gasteiger partial charge is 0.399 e. The number of allylic oxidation sites excluding steroid dienone is 2. The first kappa shape index (κ1) is 28.9. The topological polar surface area (TPSA) is 72.3 Å². The van der Waals surface area contributed by atoms with Crippen LogP contribution in [0.2, 0.25) is 5.02 Å². The molecule has 0 unspecified atom stereocenters. The van der Waals surface area contributed by atoms with E-state index in [2.05, 4.69) is 15.6 Å². The molecule has 6 nitrogen and oxygen atoms in total. The minimum atomic E-state index is 0.359. The highest BCUT2D eigenvalue weighted by Gasteiger charge is 2.06. The van der Waals surface area contributed by atoms with Crippen LogP contribution in [0.4, 0.5) is 0 Å². The zero-order valence-corrected chi connectivity index (χ0v) is 20.7. The number of halogens is 1.